The van der Waals surface area contributed by atoms with Gasteiger partial charge in [0, 0.05) is 8.07 Å². The number of rotatable bonds is 2. The molecule has 1 aliphatic rings. The highest BCUT2D eigenvalue weighted by atomic mass is 28.3. The molecule has 11 heavy (non-hydrogen) atoms. The normalized spacial score (nSPS) is 32.7. The van der Waals surface area contributed by atoms with Crippen LogP contribution in [0.2, 0.25) is 25.7 Å². The van der Waals surface area contributed by atoms with E-state index in [9.17, 15) is 0 Å². The monoisotopic (exact) mass is 170 g/mol. The van der Waals surface area contributed by atoms with E-state index < -0.39 is 8.07 Å². The van der Waals surface area contributed by atoms with Crippen LogP contribution in [0.1, 0.15) is 26.2 Å². The van der Waals surface area contributed by atoms with E-state index in [4.69, 9.17) is 0 Å². The van der Waals surface area contributed by atoms with Crippen LogP contribution in [-0.2, 0) is 0 Å². The first-order valence-electron chi connectivity index (χ1n) is 4.97. The fraction of sp³-hybridized carbons (Fsp3) is 1.00. The molecule has 0 aromatic heterocycles. The molecule has 0 aromatic rings. The second-order valence-corrected chi connectivity index (χ2v) is 11.1. The average Bonchev–Trinajstić information content (AvgIpc) is 2.10. The van der Waals surface area contributed by atoms with Crippen LogP contribution in [0.15, 0.2) is 0 Å². The molecule has 0 saturated heterocycles. The van der Waals surface area contributed by atoms with E-state index in [0.717, 1.165) is 11.8 Å². The van der Waals surface area contributed by atoms with Gasteiger partial charge in [-0.1, -0.05) is 45.5 Å². The second kappa shape index (κ2) is 3.30. The van der Waals surface area contributed by atoms with Gasteiger partial charge in [-0.15, -0.1) is 0 Å². The van der Waals surface area contributed by atoms with E-state index in [1.807, 2.05) is 0 Å². The van der Waals surface area contributed by atoms with Gasteiger partial charge in [0.15, 0.2) is 0 Å². The van der Waals surface area contributed by atoms with Gasteiger partial charge in [0.2, 0.25) is 0 Å². The Balaban J connectivity index is 2.29. The third kappa shape index (κ3) is 3.41. The van der Waals surface area contributed by atoms with Crippen molar-refractivity contribution in [1.29, 1.82) is 0 Å². The third-order valence-electron chi connectivity index (χ3n) is 2.70. The van der Waals surface area contributed by atoms with Gasteiger partial charge in [0.05, 0.1) is 0 Å². The summed E-state index contributed by atoms with van der Waals surface area (Å²) < 4.78 is 0. The Kier molecular flexibility index (Phi) is 2.79. The highest BCUT2D eigenvalue weighted by Gasteiger charge is 2.26. The Bertz CT molecular complexity index is 123. The van der Waals surface area contributed by atoms with Gasteiger partial charge in [-0.2, -0.15) is 0 Å². The fourth-order valence-electron chi connectivity index (χ4n) is 2.38. The molecule has 0 spiro atoms. The summed E-state index contributed by atoms with van der Waals surface area (Å²) in [6.45, 7) is 9.90. The van der Waals surface area contributed by atoms with E-state index in [1.54, 1.807) is 6.04 Å². The number of hydrogen-bond acceptors (Lipinski definition) is 0. The molecule has 66 valence electrons. The third-order valence-corrected chi connectivity index (χ3v) is 4.51. The molecule has 1 saturated carbocycles. The lowest BCUT2D eigenvalue weighted by Crippen LogP contribution is -2.22. The molecule has 0 aromatic carbocycles. The molecular formula is C10H22Si. The molecule has 2 unspecified atom stereocenters. The minimum Gasteiger partial charge on any atom is -0.0695 e. The highest BCUT2D eigenvalue weighted by molar-refractivity contribution is 6.76. The lowest BCUT2D eigenvalue weighted by molar-refractivity contribution is 0.550. The van der Waals surface area contributed by atoms with Gasteiger partial charge < -0.3 is 0 Å². The van der Waals surface area contributed by atoms with E-state index >= 15 is 0 Å². The zero-order valence-electron chi connectivity index (χ0n) is 8.48. The maximum atomic E-state index is 2.50. The Morgan fingerprint density at radius 1 is 1.18 bits per heavy atom. The fourth-order valence-corrected chi connectivity index (χ4v) is 4.48. The van der Waals surface area contributed by atoms with Crippen molar-refractivity contribution in [2.45, 2.75) is 51.9 Å². The summed E-state index contributed by atoms with van der Waals surface area (Å²) in [4.78, 5) is 0. The molecule has 0 nitrogen and oxygen atoms in total. The van der Waals surface area contributed by atoms with Crippen molar-refractivity contribution in [2.75, 3.05) is 0 Å². The van der Waals surface area contributed by atoms with E-state index in [2.05, 4.69) is 26.6 Å². The largest absolute Gasteiger partial charge is 0.0695 e. The summed E-state index contributed by atoms with van der Waals surface area (Å²) in [5.74, 6) is 2.12. The molecule has 0 radical (unpaired) electrons. The quantitative estimate of drug-likeness (QED) is 0.554. The maximum absolute atomic E-state index is 2.50. The molecule has 1 fully saturated rings. The SMILES string of the molecule is CC1CCC(C[Si](C)(C)C)C1. The summed E-state index contributed by atoms with van der Waals surface area (Å²) in [7, 11) is -0.752. The van der Waals surface area contributed by atoms with Crippen LogP contribution in [-0.4, -0.2) is 8.07 Å². The topological polar surface area (TPSA) is 0 Å². The van der Waals surface area contributed by atoms with Crippen molar-refractivity contribution >= 4 is 8.07 Å². The summed E-state index contributed by atoms with van der Waals surface area (Å²) >= 11 is 0. The van der Waals surface area contributed by atoms with Gasteiger partial charge in [0.25, 0.3) is 0 Å². The lowest BCUT2D eigenvalue weighted by atomic mass is 10.1. The average molecular weight is 170 g/mol. The lowest BCUT2D eigenvalue weighted by Gasteiger charge is -2.20. The Morgan fingerprint density at radius 3 is 2.18 bits per heavy atom. The molecule has 0 bridgehead atoms. The van der Waals surface area contributed by atoms with Crippen molar-refractivity contribution in [2.24, 2.45) is 11.8 Å². The molecule has 0 N–H and O–H groups in total. The van der Waals surface area contributed by atoms with Crippen LogP contribution >= 0.6 is 0 Å². The van der Waals surface area contributed by atoms with Crippen molar-refractivity contribution in [3.63, 3.8) is 0 Å². The van der Waals surface area contributed by atoms with Crippen LogP contribution < -0.4 is 0 Å². The molecule has 0 amide bonds. The molecule has 0 aliphatic heterocycles. The van der Waals surface area contributed by atoms with Crippen molar-refractivity contribution < 1.29 is 0 Å². The molecular weight excluding hydrogens is 148 g/mol. The van der Waals surface area contributed by atoms with E-state index in [0.29, 0.717) is 0 Å². The van der Waals surface area contributed by atoms with Gasteiger partial charge in [0.1, 0.15) is 0 Å². The van der Waals surface area contributed by atoms with Crippen LogP contribution in [0.3, 0.4) is 0 Å². The summed E-state index contributed by atoms with van der Waals surface area (Å²) in [6.07, 6.45) is 4.53. The first kappa shape index (κ1) is 9.31. The van der Waals surface area contributed by atoms with Crippen LogP contribution in [0.25, 0.3) is 0 Å². The van der Waals surface area contributed by atoms with E-state index in [1.165, 1.54) is 19.3 Å². The van der Waals surface area contributed by atoms with Gasteiger partial charge in [-0.05, 0) is 18.3 Å². The van der Waals surface area contributed by atoms with Gasteiger partial charge in [-0.3, -0.25) is 0 Å². The Hall–Kier alpha value is 0.217. The minimum absolute atomic E-state index is 0.752. The standard InChI is InChI=1S/C10H22Si/c1-9-5-6-10(7-9)8-11(2,3)4/h9-10H,5-8H2,1-4H3. The molecule has 1 aliphatic carbocycles. The van der Waals surface area contributed by atoms with Gasteiger partial charge in [-0.25, -0.2) is 0 Å². The first-order valence-corrected chi connectivity index (χ1v) is 8.68. The molecule has 0 heterocycles. The molecule has 2 atom stereocenters. The van der Waals surface area contributed by atoms with Crippen LogP contribution in [0.4, 0.5) is 0 Å². The second-order valence-electron chi connectivity index (χ2n) is 5.55. The summed E-state index contributed by atoms with van der Waals surface area (Å²) in [5.41, 5.74) is 0. The van der Waals surface area contributed by atoms with Crippen LogP contribution in [0.5, 0.6) is 0 Å². The molecule has 1 heteroatoms. The van der Waals surface area contributed by atoms with E-state index in [-0.39, 0.29) is 0 Å². The smallest absolute Gasteiger partial charge is 0.0445 e. The summed E-state index contributed by atoms with van der Waals surface area (Å²) in [6, 6.07) is 1.57. The minimum atomic E-state index is -0.752. The predicted octanol–water partition coefficient (Wildman–Crippen LogP) is 3.76. The Morgan fingerprint density at radius 2 is 1.82 bits per heavy atom. The van der Waals surface area contributed by atoms with Crippen molar-refractivity contribution in [3.05, 3.63) is 0 Å². The Labute approximate surface area is 72.4 Å². The van der Waals surface area contributed by atoms with Crippen LogP contribution in [0, 0.1) is 11.8 Å². The van der Waals surface area contributed by atoms with Crippen molar-refractivity contribution in [1.82, 2.24) is 0 Å². The predicted molar refractivity (Wildman–Crippen MR) is 54.7 cm³/mol. The first-order chi connectivity index (χ1) is 4.97. The van der Waals surface area contributed by atoms with Gasteiger partial charge >= 0.3 is 0 Å². The molecule has 1 rings (SSSR count). The zero-order valence-corrected chi connectivity index (χ0v) is 9.48. The number of hydrogen-bond donors (Lipinski definition) is 0. The summed E-state index contributed by atoms with van der Waals surface area (Å²) in [5, 5.41) is 0. The van der Waals surface area contributed by atoms with Crippen molar-refractivity contribution in [3.8, 4) is 0 Å². The highest BCUT2D eigenvalue weighted by Crippen LogP contribution is 2.35. The zero-order chi connectivity index (χ0) is 8.48. The maximum Gasteiger partial charge on any atom is 0.0445 e.